The number of carbonyl (C=O) groups excluding carboxylic acids is 2. The van der Waals surface area contributed by atoms with Gasteiger partial charge in [-0.2, -0.15) is 0 Å². The monoisotopic (exact) mass is 355 g/mol. The smallest absolute Gasteiger partial charge is 0.331 e. The quantitative estimate of drug-likeness (QED) is 0.461. The molecule has 0 spiro atoms. The Morgan fingerprint density at radius 3 is 2.88 bits per heavy atom. The molecular weight excluding hydrogens is 342 g/mol. The molecule has 0 saturated carbocycles. The minimum atomic E-state index is -0.519. The first-order chi connectivity index (χ1) is 12.1. The second-order valence-corrected chi connectivity index (χ2v) is 6.30. The van der Waals surface area contributed by atoms with E-state index in [0.29, 0.717) is 33.3 Å². The molecule has 126 valence electrons. The van der Waals surface area contributed by atoms with Gasteiger partial charge in [-0.05, 0) is 6.07 Å². The Hall–Kier alpha value is -2.86. The second kappa shape index (κ2) is 5.89. The molecule has 1 aliphatic carbocycles. The van der Waals surface area contributed by atoms with Gasteiger partial charge in [-0.15, -0.1) is 0 Å². The molecule has 2 atom stereocenters. The molecule has 2 heterocycles. The number of halogens is 1. The van der Waals surface area contributed by atoms with Gasteiger partial charge in [0.05, 0.1) is 28.0 Å². The number of fused-ring (bicyclic) bond motifs is 2. The highest BCUT2D eigenvalue weighted by atomic mass is 35.5. The average Bonchev–Trinajstić information content (AvgIpc) is 3.10. The Labute approximate surface area is 148 Å². The molecule has 1 saturated heterocycles. The molecule has 2 aliphatic heterocycles. The summed E-state index contributed by atoms with van der Waals surface area (Å²) in [6.45, 7) is 1.28. The van der Waals surface area contributed by atoms with Crippen LogP contribution < -0.4 is 10.6 Å². The maximum Gasteiger partial charge on any atom is 0.331 e. The predicted molar refractivity (Wildman–Crippen MR) is 94.9 cm³/mol. The number of nitrogens with one attached hydrogen (secondary N) is 2. The van der Waals surface area contributed by atoms with E-state index in [2.05, 4.69) is 15.8 Å². The molecule has 2 N–H and O–H groups in total. The third kappa shape index (κ3) is 2.55. The number of anilines is 1. The molecule has 1 fully saturated rings. The van der Waals surface area contributed by atoms with Crippen molar-refractivity contribution in [2.45, 2.75) is 13.0 Å². The summed E-state index contributed by atoms with van der Waals surface area (Å²) in [5.74, 6) is -0.912. The number of para-hydroxylation sites is 1. The van der Waals surface area contributed by atoms with Gasteiger partial charge in [0.2, 0.25) is 0 Å². The zero-order chi connectivity index (χ0) is 17.6. The van der Waals surface area contributed by atoms with Crippen molar-refractivity contribution in [2.24, 2.45) is 11.1 Å². The van der Waals surface area contributed by atoms with Crippen LogP contribution in [-0.2, 0) is 14.4 Å². The topological polar surface area (TPSA) is 79.8 Å². The van der Waals surface area contributed by atoms with Crippen LogP contribution >= 0.6 is 11.6 Å². The van der Waals surface area contributed by atoms with Crippen LogP contribution in [0.25, 0.3) is 5.57 Å². The van der Waals surface area contributed by atoms with Gasteiger partial charge >= 0.3 is 5.97 Å². The van der Waals surface area contributed by atoms with Crippen LogP contribution in [0.1, 0.15) is 12.5 Å². The molecule has 0 radical (unpaired) electrons. The van der Waals surface area contributed by atoms with E-state index in [1.807, 2.05) is 30.4 Å². The Morgan fingerprint density at radius 2 is 2.08 bits per heavy atom. The Bertz CT molecular complexity index is 914. The highest BCUT2D eigenvalue weighted by Crippen LogP contribution is 2.40. The third-order valence-electron chi connectivity index (χ3n) is 4.29. The largest absolute Gasteiger partial charge is 0.376 e. The second-order valence-electron chi connectivity index (χ2n) is 5.89. The summed E-state index contributed by atoms with van der Waals surface area (Å²) in [6, 6.07) is 5.26. The number of hydrogen-bond acceptors (Lipinski definition) is 5. The highest BCUT2D eigenvalue weighted by Gasteiger charge is 2.40. The molecule has 1 aromatic carbocycles. The van der Waals surface area contributed by atoms with E-state index in [-0.39, 0.29) is 17.9 Å². The zero-order valence-electron chi connectivity index (χ0n) is 13.2. The van der Waals surface area contributed by atoms with Gasteiger partial charge < -0.3 is 15.5 Å². The Morgan fingerprint density at radius 1 is 1.28 bits per heavy atom. The van der Waals surface area contributed by atoms with E-state index in [4.69, 9.17) is 16.4 Å². The number of benzene rings is 1. The molecule has 1 amide bonds. The maximum atomic E-state index is 12.6. The first kappa shape index (κ1) is 15.7. The summed E-state index contributed by atoms with van der Waals surface area (Å²) in [7, 11) is 0. The van der Waals surface area contributed by atoms with Gasteiger partial charge in [0.1, 0.15) is 5.71 Å². The summed E-state index contributed by atoms with van der Waals surface area (Å²) in [4.78, 5) is 28.7. The summed E-state index contributed by atoms with van der Waals surface area (Å²) in [5, 5.41) is 10.6. The summed E-state index contributed by atoms with van der Waals surface area (Å²) < 4.78 is 0. The highest BCUT2D eigenvalue weighted by molar-refractivity contribution is 6.41. The zero-order valence-corrected chi connectivity index (χ0v) is 14.0. The first-order valence-corrected chi connectivity index (χ1v) is 8.16. The minimum Gasteiger partial charge on any atom is -0.376 e. The molecule has 25 heavy (non-hydrogen) atoms. The van der Waals surface area contributed by atoms with Crippen molar-refractivity contribution in [3.8, 4) is 0 Å². The number of nitrogens with zero attached hydrogens (tertiary/aromatic N) is 1. The van der Waals surface area contributed by atoms with Gasteiger partial charge in [0, 0.05) is 18.4 Å². The molecule has 6 nitrogen and oxygen atoms in total. The summed E-state index contributed by atoms with van der Waals surface area (Å²) in [5.41, 5.74) is 2.78. The van der Waals surface area contributed by atoms with Crippen molar-refractivity contribution in [3.05, 3.63) is 58.8 Å². The SMILES string of the molecule is CC(=O)O/N=C1/C(=C2/C(=O)Nc3c(Cl)cccc32)NC2C=CC=CC12. The van der Waals surface area contributed by atoms with Gasteiger partial charge in [-0.3, -0.25) is 4.79 Å². The lowest BCUT2D eigenvalue weighted by molar-refractivity contribution is -0.140. The normalized spacial score (nSPS) is 27.8. The maximum absolute atomic E-state index is 12.6. The summed E-state index contributed by atoms with van der Waals surface area (Å²) >= 11 is 6.19. The van der Waals surface area contributed by atoms with E-state index < -0.39 is 5.97 Å². The molecular formula is C18H14ClN3O3. The number of hydrogen-bond donors (Lipinski definition) is 2. The lowest BCUT2D eigenvalue weighted by Gasteiger charge is -2.13. The Kier molecular flexibility index (Phi) is 3.69. The molecule has 3 aliphatic rings. The number of carbonyl (C=O) groups is 2. The molecule has 1 aromatic rings. The summed E-state index contributed by atoms with van der Waals surface area (Å²) in [6.07, 6.45) is 7.76. The fourth-order valence-electron chi connectivity index (χ4n) is 3.24. The van der Waals surface area contributed by atoms with Crippen molar-refractivity contribution in [1.29, 1.82) is 0 Å². The number of oxime groups is 1. The molecule has 4 rings (SSSR count). The van der Waals surface area contributed by atoms with Crippen molar-refractivity contribution in [2.75, 3.05) is 5.32 Å². The van der Waals surface area contributed by atoms with Crippen LogP contribution in [0.15, 0.2) is 53.4 Å². The van der Waals surface area contributed by atoms with E-state index in [1.165, 1.54) is 6.92 Å². The lowest BCUT2D eigenvalue weighted by Crippen LogP contribution is -2.25. The van der Waals surface area contributed by atoms with E-state index in [1.54, 1.807) is 12.1 Å². The van der Waals surface area contributed by atoms with Crippen LogP contribution in [0.5, 0.6) is 0 Å². The molecule has 2 unspecified atom stereocenters. The number of amides is 1. The molecule has 7 heteroatoms. The third-order valence-corrected chi connectivity index (χ3v) is 4.60. The first-order valence-electron chi connectivity index (χ1n) is 7.78. The van der Waals surface area contributed by atoms with E-state index >= 15 is 0 Å². The van der Waals surface area contributed by atoms with E-state index in [0.717, 1.165) is 0 Å². The molecule has 0 aromatic heterocycles. The van der Waals surface area contributed by atoms with Crippen molar-refractivity contribution in [3.63, 3.8) is 0 Å². The number of allylic oxidation sites excluding steroid dienone is 3. The van der Waals surface area contributed by atoms with Crippen LogP contribution in [0, 0.1) is 5.92 Å². The van der Waals surface area contributed by atoms with Crippen LogP contribution in [-0.4, -0.2) is 23.6 Å². The van der Waals surface area contributed by atoms with Crippen molar-refractivity contribution in [1.82, 2.24) is 5.32 Å². The van der Waals surface area contributed by atoms with Crippen LogP contribution in [0.4, 0.5) is 5.69 Å². The van der Waals surface area contributed by atoms with Gasteiger partial charge in [-0.1, -0.05) is 53.2 Å². The van der Waals surface area contributed by atoms with Gasteiger partial charge in [0.25, 0.3) is 5.91 Å². The predicted octanol–water partition coefficient (Wildman–Crippen LogP) is 2.64. The van der Waals surface area contributed by atoms with Gasteiger partial charge in [-0.25, -0.2) is 4.79 Å². The standard InChI is InChI=1S/C18H14ClN3O3/c1-9(23)25-22-16-10-5-2-3-8-13(10)20-17(16)14-11-6-4-7-12(19)15(11)21-18(14)24/h2-8,10,13,20H,1H3,(H,21,24)/b17-14-,22-16+. The minimum absolute atomic E-state index is 0.0576. The fraction of sp³-hybridized carbons (Fsp3) is 0.167. The Balaban J connectivity index is 1.89. The number of rotatable bonds is 1. The fourth-order valence-corrected chi connectivity index (χ4v) is 3.46. The lowest BCUT2D eigenvalue weighted by atomic mass is 9.93. The van der Waals surface area contributed by atoms with Crippen LogP contribution in [0.2, 0.25) is 5.02 Å². The molecule has 0 bridgehead atoms. The van der Waals surface area contributed by atoms with Crippen molar-refractivity contribution >= 4 is 40.4 Å². The average molecular weight is 356 g/mol. The van der Waals surface area contributed by atoms with Crippen LogP contribution in [0.3, 0.4) is 0 Å². The van der Waals surface area contributed by atoms with Crippen molar-refractivity contribution < 1.29 is 14.4 Å². The van der Waals surface area contributed by atoms with E-state index in [9.17, 15) is 9.59 Å². The van der Waals surface area contributed by atoms with Gasteiger partial charge in [0.15, 0.2) is 0 Å².